The van der Waals surface area contributed by atoms with Crippen molar-refractivity contribution < 1.29 is 17.9 Å². The molecule has 1 atom stereocenters. The Morgan fingerprint density at radius 2 is 1.78 bits per heavy atom. The fourth-order valence-corrected chi connectivity index (χ4v) is 9.02. The number of rotatable bonds is 8. The molecule has 7 rings (SSSR count). The van der Waals surface area contributed by atoms with Crippen LogP contribution < -0.4 is 18.7 Å². The van der Waals surface area contributed by atoms with Crippen molar-refractivity contribution in [1.29, 1.82) is 5.26 Å². The summed E-state index contributed by atoms with van der Waals surface area (Å²) >= 11 is 0. The van der Waals surface area contributed by atoms with Gasteiger partial charge in [-0.3, -0.25) is 19.2 Å². The maximum absolute atomic E-state index is 15.0. The molecule has 0 amide bonds. The molecule has 4 heterocycles. The summed E-state index contributed by atoms with van der Waals surface area (Å²) in [6.45, 7) is 7.20. The molecular formula is C38H38N6O4S. The minimum Gasteiger partial charge on any atom is -0.497 e. The van der Waals surface area contributed by atoms with Gasteiger partial charge in [-0.15, -0.1) is 0 Å². The summed E-state index contributed by atoms with van der Waals surface area (Å²) in [6.07, 6.45) is 4.27. The van der Waals surface area contributed by atoms with Crippen LogP contribution in [0.3, 0.4) is 0 Å². The van der Waals surface area contributed by atoms with Gasteiger partial charge < -0.3 is 14.4 Å². The average molecular weight is 675 g/mol. The average Bonchev–Trinajstić information content (AvgIpc) is 3.28. The summed E-state index contributed by atoms with van der Waals surface area (Å²) in [6, 6.07) is 26.3. The van der Waals surface area contributed by atoms with Gasteiger partial charge in [-0.2, -0.15) is 5.26 Å². The number of hydrogen-bond donors (Lipinski definition) is 0. The van der Waals surface area contributed by atoms with Gasteiger partial charge in [0.05, 0.1) is 48.6 Å². The Labute approximate surface area is 287 Å². The van der Waals surface area contributed by atoms with Gasteiger partial charge in [-0.25, -0.2) is 8.42 Å². The van der Waals surface area contributed by atoms with Gasteiger partial charge in [-0.05, 0) is 80.9 Å². The number of anilines is 2. The van der Waals surface area contributed by atoms with Crippen molar-refractivity contribution >= 4 is 32.3 Å². The molecule has 0 bridgehead atoms. The molecule has 1 unspecified atom stereocenters. The van der Waals surface area contributed by atoms with Crippen molar-refractivity contribution in [2.75, 3.05) is 55.6 Å². The lowest BCUT2D eigenvalue weighted by Crippen LogP contribution is -2.52. The van der Waals surface area contributed by atoms with E-state index in [0.29, 0.717) is 54.5 Å². The van der Waals surface area contributed by atoms with Gasteiger partial charge >= 0.3 is 0 Å². The molecule has 5 aromatic rings. The first-order valence-corrected chi connectivity index (χ1v) is 17.9. The highest BCUT2D eigenvalue weighted by atomic mass is 32.2. The molecule has 0 saturated carbocycles. The summed E-state index contributed by atoms with van der Waals surface area (Å²) in [5.41, 5.74) is 3.90. The zero-order valence-corrected chi connectivity index (χ0v) is 28.7. The predicted octanol–water partition coefficient (Wildman–Crippen LogP) is 5.88. The molecule has 49 heavy (non-hydrogen) atoms. The fraction of sp³-hybridized carbons (Fsp3) is 0.289. The van der Waals surface area contributed by atoms with E-state index in [9.17, 15) is 13.7 Å². The van der Waals surface area contributed by atoms with Crippen molar-refractivity contribution in [2.45, 2.75) is 30.7 Å². The normalized spacial score (nSPS) is 18.2. The second kappa shape index (κ2) is 13.0. The molecule has 2 aliphatic rings. The lowest BCUT2D eigenvalue weighted by atomic mass is 9.81. The SMILES string of the molecule is CCOc1ccc(OC)cc1C1(N2CCCN(c3ccnc(C)c3)CC2)CN(S(=O)(=O)c2cccc3cccnc23)c2ccc(C#N)cc21. The maximum atomic E-state index is 15.0. The van der Waals surface area contributed by atoms with Gasteiger partial charge in [0.25, 0.3) is 10.0 Å². The van der Waals surface area contributed by atoms with E-state index >= 15 is 0 Å². The van der Waals surface area contributed by atoms with Crippen LogP contribution in [0.5, 0.6) is 11.5 Å². The highest BCUT2D eigenvalue weighted by Gasteiger charge is 2.53. The van der Waals surface area contributed by atoms with Gasteiger partial charge in [-0.1, -0.05) is 18.2 Å². The number of methoxy groups -OCH3 is 1. The number of benzene rings is 3. The molecule has 0 N–H and O–H groups in total. The van der Waals surface area contributed by atoms with Gasteiger partial charge in [0.1, 0.15) is 16.4 Å². The zero-order valence-electron chi connectivity index (χ0n) is 27.8. The highest BCUT2D eigenvalue weighted by Crippen LogP contribution is 2.53. The lowest BCUT2D eigenvalue weighted by molar-refractivity contribution is 0.143. The van der Waals surface area contributed by atoms with Crippen molar-refractivity contribution in [3.05, 3.63) is 114 Å². The van der Waals surface area contributed by atoms with Crippen LogP contribution >= 0.6 is 0 Å². The van der Waals surface area contributed by atoms with E-state index in [4.69, 9.17) is 9.47 Å². The monoisotopic (exact) mass is 674 g/mol. The summed E-state index contributed by atoms with van der Waals surface area (Å²) in [4.78, 5) is 13.7. The zero-order chi connectivity index (χ0) is 34.2. The van der Waals surface area contributed by atoms with Crippen molar-refractivity contribution in [3.63, 3.8) is 0 Å². The first kappa shape index (κ1) is 32.4. The molecule has 3 aromatic carbocycles. The number of para-hydroxylation sites is 1. The molecule has 2 aliphatic heterocycles. The minimum absolute atomic E-state index is 0.0599. The molecule has 1 fully saturated rings. The van der Waals surface area contributed by atoms with E-state index in [1.807, 2.05) is 62.5 Å². The van der Waals surface area contributed by atoms with E-state index in [-0.39, 0.29) is 11.4 Å². The van der Waals surface area contributed by atoms with Crippen LogP contribution in [0.2, 0.25) is 0 Å². The number of nitriles is 1. The molecule has 10 nitrogen and oxygen atoms in total. The van der Waals surface area contributed by atoms with Crippen LogP contribution in [-0.2, 0) is 15.6 Å². The molecule has 2 aromatic heterocycles. The first-order valence-electron chi connectivity index (χ1n) is 16.4. The van der Waals surface area contributed by atoms with Crippen molar-refractivity contribution in [2.24, 2.45) is 0 Å². The third-order valence-electron chi connectivity index (χ3n) is 9.59. The third-order valence-corrected chi connectivity index (χ3v) is 11.4. The Kier molecular flexibility index (Phi) is 8.61. The van der Waals surface area contributed by atoms with Gasteiger partial charge in [0.15, 0.2) is 0 Å². The van der Waals surface area contributed by atoms with Crippen molar-refractivity contribution in [3.8, 4) is 17.6 Å². The minimum atomic E-state index is -4.15. The van der Waals surface area contributed by atoms with Gasteiger partial charge in [0.2, 0.25) is 0 Å². The Hall–Kier alpha value is -5.18. The molecule has 0 spiro atoms. The number of nitrogens with zero attached hydrogens (tertiary/aromatic N) is 6. The second-order valence-corrected chi connectivity index (χ2v) is 14.2. The Bertz CT molecular complexity index is 2180. The highest BCUT2D eigenvalue weighted by molar-refractivity contribution is 7.93. The fourth-order valence-electron chi connectivity index (χ4n) is 7.35. The molecule has 0 aliphatic carbocycles. The number of pyridine rings is 2. The first-order chi connectivity index (χ1) is 23.8. The van der Waals surface area contributed by atoms with E-state index < -0.39 is 15.6 Å². The Morgan fingerprint density at radius 1 is 0.918 bits per heavy atom. The summed E-state index contributed by atoms with van der Waals surface area (Å²) in [5.74, 6) is 1.26. The van der Waals surface area contributed by atoms with E-state index in [1.165, 1.54) is 4.31 Å². The summed E-state index contributed by atoms with van der Waals surface area (Å²) in [5, 5.41) is 10.9. The number of ether oxygens (including phenoxy) is 2. The van der Waals surface area contributed by atoms with Crippen LogP contribution in [0.4, 0.5) is 11.4 Å². The van der Waals surface area contributed by atoms with E-state index in [1.54, 1.807) is 43.6 Å². The number of sulfonamides is 1. The maximum Gasteiger partial charge on any atom is 0.266 e. The Balaban J connectivity index is 1.45. The van der Waals surface area contributed by atoms with Crippen molar-refractivity contribution in [1.82, 2.24) is 14.9 Å². The lowest BCUT2D eigenvalue weighted by Gasteiger charge is -2.42. The number of aromatic nitrogens is 2. The molecule has 0 radical (unpaired) electrons. The number of aryl methyl sites for hydroxylation is 1. The Morgan fingerprint density at radius 3 is 2.57 bits per heavy atom. The smallest absolute Gasteiger partial charge is 0.266 e. The van der Waals surface area contributed by atoms with Crippen LogP contribution in [0, 0.1) is 18.3 Å². The second-order valence-electron chi connectivity index (χ2n) is 12.3. The molecule has 11 heteroatoms. The standard InChI is InChI=1S/C38H38N6O4S/c1-4-48-35-14-12-31(47-3)24-33(35)38(43-19-7-18-42(20-21-43)30-15-17-40-27(2)22-30)26-44(34-13-11-28(25-39)23-32(34)38)49(45,46)36-10-5-8-29-9-6-16-41-37(29)36/h5-6,8-17,22-24H,4,7,18-21,26H2,1-3H3. The number of hydrogen-bond acceptors (Lipinski definition) is 9. The topological polar surface area (TPSA) is 112 Å². The third kappa shape index (κ3) is 5.61. The summed E-state index contributed by atoms with van der Waals surface area (Å²) in [7, 11) is -2.53. The van der Waals surface area contributed by atoms with Crippen LogP contribution in [0.1, 0.15) is 35.7 Å². The van der Waals surface area contributed by atoms with E-state index in [2.05, 4.69) is 31.9 Å². The van der Waals surface area contributed by atoms with Crippen LogP contribution in [0.25, 0.3) is 10.9 Å². The van der Waals surface area contributed by atoms with Crippen LogP contribution in [-0.4, -0.2) is 69.7 Å². The van der Waals surface area contributed by atoms with Crippen LogP contribution in [0.15, 0.2) is 96.2 Å². The predicted molar refractivity (Wildman–Crippen MR) is 190 cm³/mol. The van der Waals surface area contributed by atoms with E-state index in [0.717, 1.165) is 40.9 Å². The molecular weight excluding hydrogens is 637 g/mol. The molecule has 250 valence electrons. The van der Waals surface area contributed by atoms with Gasteiger partial charge in [0, 0.05) is 66.5 Å². The largest absolute Gasteiger partial charge is 0.497 e. The number of fused-ring (bicyclic) bond motifs is 2. The molecule has 1 saturated heterocycles. The summed E-state index contributed by atoms with van der Waals surface area (Å²) < 4.78 is 43.5. The quantitative estimate of drug-likeness (QED) is 0.199.